The zero-order valence-corrected chi connectivity index (χ0v) is 13.5. The Balaban J connectivity index is 1.89. The molecule has 1 aromatic carbocycles. The van der Waals surface area contributed by atoms with Crippen LogP contribution in [-0.2, 0) is 9.63 Å². The van der Waals surface area contributed by atoms with E-state index in [9.17, 15) is 9.18 Å². The molecule has 1 amide bonds. The number of nitriles is 1. The molecule has 1 aliphatic rings. The molecule has 1 N–H and O–H groups in total. The van der Waals surface area contributed by atoms with Gasteiger partial charge in [-0.2, -0.15) is 5.26 Å². The Labute approximate surface area is 136 Å². The molecule has 5 nitrogen and oxygen atoms in total. The minimum absolute atomic E-state index is 0.00761. The lowest BCUT2D eigenvalue weighted by molar-refractivity contribution is -0.142. The maximum Gasteiger partial charge on any atom is 0.246 e. The predicted octanol–water partition coefficient (Wildman–Crippen LogP) is 2.76. The summed E-state index contributed by atoms with van der Waals surface area (Å²) in [6.45, 7) is 5.09. The first-order valence-electron chi connectivity index (χ1n) is 7.95. The summed E-state index contributed by atoms with van der Waals surface area (Å²) >= 11 is 0. The van der Waals surface area contributed by atoms with Crippen molar-refractivity contribution >= 4 is 11.6 Å². The fourth-order valence-electron chi connectivity index (χ4n) is 2.54. The van der Waals surface area contributed by atoms with Crippen LogP contribution in [0.4, 0.5) is 10.1 Å². The molecule has 124 valence electrons. The van der Waals surface area contributed by atoms with E-state index in [1.54, 1.807) is 12.1 Å². The Morgan fingerprint density at radius 1 is 1.52 bits per heavy atom. The predicted molar refractivity (Wildman–Crippen MR) is 85.0 cm³/mol. The summed E-state index contributed by atoms with van der Waals surface area (Å²) in [6.07, 6.45) is 2.12. The Bertz CT molecular complexity index is 592. The van der Waals surface area contributed by atoms with Crippen molar-refractivity contribution in [1.29, 1.82) is 5.26 Å². The van der Waals surface area contributed by atoms with Crippen molar-refractivity contribution in [3.05, 3.63) is 29.6 Å². The number of nitrogens with one attached hydrogen (secondary N) is 1. The number of piperidine rings is 1. The van der Waals surface area contributed by atoms with Gasteiger partial charge in [0.2, 0.25) is 5.91 Å². The van der Waals surface area contributed by atoms with Gasteiger partial charge in [-0.05, 0) is 44.4 Å². The average molecular weight is 319 g/mol. The monoisotopic (exact) mass is 319 g/mol. The summed E-state index contributed by atoms with van der Waals surface area (Å²) < 4.78 is 14.0. The highest BCUT2D eigenvalue weighted by Gasteiger charge is 2.26. The minimum Gasteiger partial charge on any atom is -0.369 e. The van der Waals surface area contributed by atoms with E-state index in [1.807, 2.05) is 24.8 Å². The van der Waals surface area contributed by atoms with Crippen molar-refractivity contribution in [2.24, 2.45) is 5.92 Å². The zero-order valence-electron chi connectivity index (χ0n) is 13.5. The van der Waals surface area contributed by atoms with Crippen LogP contribution in [0.25, 0.3) is 0 Å². The minimum atomic E-state index is -0.396. The smallest absolute Gasteiger partial charge is 0.246 e. The van der Waals surface area contributed by atoms with Crippen LogP contribution in [0.5, 0.6) is 0 Å². The number of rotatable bonds is 5. The van der Waals surface area contributed by atoms with Gasteiger partial charge in [-0.3, -0.25) is 9.63 Å². The van der Waals surface area contributed by atoms with Gasteiger partial charge in [0.05, 0.1) is 23.4 Å². The third kappa shape index (κ3) is 4.42. The number of hydroxylamine groups is 1. The second-order valence-electron chi connectivity index (χ2n) is 5.84. The number of carbonyl (C=O) groups excluding carboxylic acids is 1. The standard InChI is InChI=1S/C17H22FN3O2/c1-3-12(2)23-20-17(22)14-6-8-21(9-7-14)16-5-4-13(11-19)10-15(16)18/h4-5,10,12,14H,3,6-9H2,1-2H3,(H,20,22). The van der Waals surface area contributed by atoms with Crippen LogP contribution >= 0.6 is 0 Å². The molecule has 0 radical (unpaired) electrons. The van der Waals surface area contributed by atoms with Crippen molar-refractivity contribution in [1.82, 2.24) is 5.48 Å². The van der Waals surface area contributed by atoms with Gasteiger partial charge < -0.3 is 4.90 Å². The molecule has 1 aromatic rings. The van der Waals surface area contributed by atoms with Gasteiger partial charge in [-0.1, -0.05) is 6.92 Å². The molecule has 1 saturated heterocycles. The first-order valence-corrected chi connectivity index (χ1v) is 7.95. The highest BCUT2D eigenvalue weighted by Crippen LogP contribution is 2.26. The maximum absolute atomic E-state index is 14.0. The van der Waals surface area contributed by atoms with Gasteiger partial charge in [0.25, 0.3) is 0 Å². The molecule has 0 saturated carbocycles. The van der Waals surface area contributed by atoms with Crippen molar-refractivity contribution < 1.29 is 14.0 Å². The van der Waals surface area contributed by atoms with Crippen LogP contribution < -0.4 is 10.4 Å². The Morgan fingerprint density at radius 2 is 2.22 bits per heavy atom. The Kier molecular flexibility index (Phi) is 5.94. The summed E-state index contributed by atoms with van der Waals surface area (Å²) in [5, 5.41) is 8.78. The number of halogens is 1. The summed E-state index contributed by atoms with van der Waals surface area (Å²) in [7, 11) is 0. The molecule has 0 bridgehead atoms. The summed E-state index contributed by atoms with van der Waals surface area (Å²) in [5.41, 5.74) is 3.31. The lowest BCUT2D eigenvalue weighted by Gasteiger charge is -2.33. The van der Waals surface area contributed by atoms with Crippen LogP contribution in [0.1, 0.15) is 38.7 Å². The van der Waals surface area contributed by atoms with Gasteiger partial charge in [0.1, 0.15) is 5.82 Å². The first kappa shape index (κ1) is 17.2. The van der Waals surface area contributed by atoms with Crippen molar-refractivity contribution in [2.75, 3.05) is 18.0 Å². The van der Waals surface area contributed by atoms with Crippen molar-refractivity contribution in [3.63, 3.8) is 0 Å². The van der Waals surface area contributed by atoms with Gasteiger partial charge in [-0.25, -0.2) is 9.87 Å². The molecule has 1 unspecified atom stereocenters. The molecule has 0 spiro atoms. The lowest BCUT2D eigenvalue weighted by Crippen LogP contribution is -2.41. The third-order valence-corrected chi connectivity index (χ3v) is 4.22. The molecule has 2 rings (SSSR count). The summed E-state index contributed by atoms with van der Waals surface area (Å²) in [5.74, 6) is -0.617. The van der Waals surface area contributed by atoms with E-state index in [0.717, 1.165) is 6.42 Å². The SMILES string of the molecule is CCC(C)ONC(=O)C1CCN(c2ccc(C#N)cc2F)CC1. The Hall–Kier alpha value is -2.13. The summed E-state index contributed by atoms with van der Waals surface area (Å²) in [4.78, 5) is 19.2. The summed E-state index contributed by atoms with van der Waals surface area (Å²) in [6, 6.07) is 6.40. The second-order valence-corrected chi connectivity index (χ2v) is 5.84. The van der Waals surface area contributed by atoms with Crippen LogP contribution in [-0.4, -0.2) is 25.1 Å². The van der Waals surface area contributed by atoms with Crippen LogP contribution in [0.3, 0.4) is 0 Å². The molecule has 1 fully saturated rings. The average Bonchev–Trinajstić information content (AvgIpc) is 2.59. The highest BCUT2D eigenvalue weighted by molar-refractivity contribution is 5.78. The van der Waals surface area contributed by atoms with E-state index in [-0.39, 0.29) is 17.9 Å². The maximum atomic E-state index is 14.0. The fourth-order valence-corrected chi connectivity index (χ4v) is 2.54. The largest absolute Gasteiger partial charge is 0.369 e. The molecule has 1 aliphatic heterocycles. The molecular formula is C17H22FN3O2. The van der Waals surface area contributed by atoms with Crippen LogP contribution in [0.2, 0.25) is 0 Å². The molecule has 0 aliphatic carbocycles. The number of hydrogen-bond donors (Lipinski definition) is 1. The molecular weight excluding hydrogens is 297 g/mol. The van der Waals surface area contributed by atoms with E-state index in [0.29, 0.717) is 37.2 Å². The first-order chi connectivity index (χ1) is 11.0. The van der Waals surface area contributed by atoms with E-state index in [4.69, 9.17) is 10.1 Å². The number of amides is 1. The quantitative estimate of drug-likeness (QED) is 0.848. The van der Waals surface area contributed by atoms with E-state index in [1.165, 1.54) is 6.07 Å². The van der Waals surface area contributed by atoms with Crippen molar-refractivity contribution in [2.45, 2.75) is 39.2 Å². The fraction of sp³-hybridized carbons (Fsp3) is 0.529. The number of anilines is 1. The second kappa shape index (κ2) is 7.93. The normalized spacial score (nSPS) is 16.7. The van der Waals surface area contributed by atoms with Gasteiger partial charge in [0.15, 0.2) is 0 Å². The molecule has 6 heteroatoms. The Morgan fingerprint density at radius 3 is 2.78 bits per heavy atom. The molecule has 1 heterocycles. The van der Waals surface area contributed by atoms with E-state index < -0.39 is 5.82 Å². The highest BCUT2D eigenvalue weighted by atomic mass is 19.1. The topological polar surface area (TPSA) is 65.4 Å². The van der Waals surface area contributed by atoms with E-state index >= 15 is 0 Å². The van der Waals surface area contributed by atoms with Gasteiger partial charge in [0, 0.05) is 19.0 Å². The van der Waals surface area contributed by atoms with Crippen LogP contribution in [0.15, 0.2) is 18.2 Å². The van der Waals surface area contributed by atoms with Crippen molar-refractivity contribution in [3.8, 4) is 6.07 Å². The number of benzene rings is 1. The third-order valence-electron chi connectivity index (χ3n) is 4.22. The number of carbonyl (C=O) groups is 1. The number of nitrogens with zero attached hydrogens (tertiary/aromatic N) is 2. The molecule has 1 atom stereocenters. The van der Waals surface area contributed by atoms with Gasteiger partial charge >= 0.3 is 0 Å². The molecule has 0 aromatic heterocycles. The zero-order chi connectivity index (χ0) is 16.8. The van der Waals surface area contributed by atoms with Gasteiger partial charge in [-0.15, -0.1) is 0 Å². The van der Waals surface area contributed by atoms with Crippen LogP contribution in [0, 0.1) is 23.1 Å². The lowest BCUT2D eigenvalue weighted by atomic mass is 9.95. The number of hydrogen-bond acceptors (Lipinski definition) is 4. The molecule has 23 heavy (non-hydrogen) atoms. The van der Waals surface area contributed by atoms with E-state index in [2.05, 4.69) is 5.48 Å².